The van der Waals surface area contributed by atoms with E-state index in [4.69, 9.17) is 18.0 Å². The van der Waals surface area contributed by atoms with Gasteiger partial charge in [0.05, 0.1) is 11.6 Å². The molecule has 2 aliphatic rings. The molecule has 1 saturated heterocycles. The number of hydrogen-bond donors (Lipinski definition) is 2. The van der Waals surface area contributed by atoms with Crippen molar-refractivity contribution in [1.29, 1.82) is 0 Å². The molecule has 1 atom stereocenters. The van der Waals surface area contributed by atoms with E-state index in [1.165, 1.54) is 29.8 Å². The number of hydrogen-bond acceptors (Lipinski definition) is 4. The molecular formula is C17H26N4S2. The number of hydrazine groups is 1. The maximum Gasteiger partial charge on any atom is 0.168 e. The van der Waals surface area contributed by atoms with Crippen LogP contribution < -0.4 is 16.1 Å². The molecule has 1 unspecified atom stereocenters. The third-order valence-electron chi connectivity index (χ3n) is 4.63. The zero-order valence-electron chi connectivity index (χ0n) is 14.1. The van der Waals surface area contributed by atoms with Gasteiger partial charge in [0.25, 0.3) is 0 Å². The van der Waals surface area contributed by atoms with Gasteiger partial charge >= 0.3 is 0 Å². The Hall–Kier alpha value is -0.980. The number of benzene rings is 1. The number of fused-ring (bicyclic) bond motifs is 1. The third-order valence-corrected chi connectivity index (χ3v) is 5.75. The summed E-state index contributed by atoms with van der Waals surface area (Å²) in [4.78, 5) is 1.30. The summed E-state index contributed by atoms with van der Waals surface area (Å²) in [5, 5.41) is 8.41. The highest BCUT2D eigenvalue weighted by molar-refractivity contribution is 7.99. The first-order valence-electron chi connectivity index (χ1n) is 8.23. The van der Waals surface area contributed by atoms with E-state index in [0.29, 0.717) is 16.6 Å². The molecule has 126 valence electrons. The standard InChI is InChI=1S/C17H26N4S2/c1-17(2,3)15-6-4-5-9-20(15)21-11-23-14-10-12(19-16(18)22)7-8-13(14)21/h7-8,10,15H,4-6,9,11H2,1-3H3,(H3,18,19,22). The predicted octanol–water partition coefficient (Wildman–Crippen LogP) is 4.03. The molecule has 0 amide bonds. The molecule has 23 heavy (non-hydrogen) atoms. The lowest BCUT2D eigenvalue weighted by Crippen LogP contribution is -2.55. The number of nitrogens with two attached hydrogens (primary N) is 1. The number of nitrogens with zero attached hydrogens (tertiary/aromatic N) is 2. The quantitative estimate of drug-likeness (QED) is 0.785. The van der Waals surface area contributed by atoms with Crippen molar-refractivity contribution in [1.82, 2.24) is 5.01 Å². The number of thiocarbonyl (C=S) groups is 1. The van der Waals surface area contributed by atoms with Crippen LogP contribution >= 0.6 is 24.0 Å². The van der Waals surface area contributed by atoms with Crippen molar-refractivity contribution in [2.75, 3.05) is 22.7 Å². The molecule has 0 saturated carbocycles. The van der Waals surface area contributed by atoms with Gasteiger partial charge in [0.1, 0.15) is 0 Å². The second-order valence-corrected chi connectivity index (χ2v) is 8.81. The lowest BCUT2D eigenvalue weighted by molar-refractivity contribution is 0.0571. The molecule has 6 heteroatoms. The molecule has 4 nitrogen and oxygen atoms in total. The van der Waals surface area contributed by atoms with Crippen molar-refractivity contribution in [3.63, 3.8) is 0 Å². The smallest absolute Gasteiger partial charge is 0.168 e. The van der Waals surface area contributed by atoms with Gasteiger partial charge in [-0.2, -0.15) is 0 Å². The van der Waals surface area contributed by atoms with Crippen molar-refractivity contribution in [2.45, 2.75) is 51.0 Å². The molecule has 2 aliphatic heterocycles. The minimum atomic E-state index is 0.293. The number of nitrogens with one attached hydrogen (secondary N) is 1. The summed E-state index contributed by atoms with van der Waals surface area (Å²) in [6, 6.07) is 6.99. The van der Waals surface area contributed by atoms with Gasteiger partial charge in [-0.15, -0.1) is 11.8 Å². The van der Waals surface area contributed by atoms with Crippen LogP contribution in [0.5, 0.6) is 0 Å². The first kappa shape index (κ1) is 16.9. The Balaban J connectivity index is 1.85. The number of thioether (sulfide) groups is 1. The summed E-state index contributed by atoms with van der Waals surface area (Å²) < 4.78 is 0. The van der Waals surface area contributed by atoms with E-state index in [1.54, 1.807) is 0 Å². The second kappa shape index (κ2) is 6.49. The van der Waals surface area contributed by atoms with Gasteiger partial charge < -0.3 is 11.1 Å². The lowest BCUT2D eigenvalue weighted by Gasteiger charge is -2.47. The van der Waals surface area contributed by atoms with Crippen LogP contribution in [0.3, 0.4) is 0 Å². The number of anilines is 2. The molecule has 0 radical (unpaired) electrons. The largest absolute Gasteiger partial charge is 0.376 e. The van der Waals surface area contributed by atoms with Gasteiger partial charge in [-0.25, -0.2) is 5.01 Å². The van der Waals surface area contributed by atoms with Crippen LogP contribution in [0.25, 0.3) is 0 Å². The Morgan fingerprint density at radius 1 is 1.35 bits per heavy atom. The van der Waals surface area contributed by atoms with Crippen LogP contribution in [0.4, 0.5) is 11.4 Å². The zero-order valence-corrected chi connectivity index (χ0v) is 15.8. The summed E-state index contributed by atoms with van der Waals surface area (Å²) >= 11 is 6.81. The second-order valence-electron chi connectivity index (χ2n) is 7.39. The first-order valence-corrected chi connectivity index (χ1v) is 9.63. The van der Waals surface area contributed by atoms with Crippen LogP contribution in [0.2, 0.25) is 0 Å². The third kappa shape index (κ3) is 3.59. The molecule has 0 aromatic heterocycles. The van der Waals surface area contributed by atoms with E-state index < -0.39 is 0 Å². The van der Waals surface area contributed by atoms with E-state index in [9.17, 15) is 0 Å². The topological polar surface area (TPSA) is 44.5 Å². The van der Waals surface area contributed by atoms with Crippen molar-refractivity contribution in [3.8, 4) is 0 Å². The summed E-state index contributed by atoms with van der Waals surface area (Å²) in [5.41, 5.74) is 8.14. The summed E-state index contributed by atoms with van der Waals surface area (Å²) in [6.07, 6.45) is 3.90. The molecule has 3 N–H and O–H groups in total. The zero-order chi connectivity index (χ0) is 16.6. The van der Waals surface area contributed by atoms with Crippen molar-refractivity contribution in [2.24, 2.45) is 11.1 Å². The van der Waals surface area contributed by atoms with Gasteiger partial charge in [-0.3, -0.25) is 5.01 Å². The van der Waals surface area contributed by atoms with Gasteiger partial charge in [-0.05, 0) is 48.7 Å². The Morgan fingerprint density at radius 3 is 2.83 bits per heavy atom. The van der Waals surface area contributed by atoms with Crippen LogP contribution in [0.15, 0.2) is 23.1 Å². The van der Waals surface area contributed by atoms with Gasteiger partial charge in [0, 0.05) is 23.2 Å². The maximum atomic E-state index is 5.57. The van der Waals surface area contributed by atoms with Gasteiger partial charge in [0.15, 0.2) is 5.11 Å². The molecule has 2 heterocycles. The van der Waals surface area contributed by atoms with Gasteiger partial charge in [0.2, 0.25) is 0 Å². The fourth-order valence-electron chi connectivity index (χ4n) is 3.56. The van der Waals surface area contributed by atoms with Crippen molar-refractivity contribution < 1.29 is 0 Å². The molecular weight excluding hydrogens is 324 g/mol. The van der Waals surface area contributed by atoms with Crippen LogP contribution in [-0.4, -0.2) is 28.6 Å². The molecule has 0 bridgehead atoms. The summed E-state index contributed by atoms with van der Waals surface area (Å²) in [6.45, 7) is 8.22. The number of piperidine rings is 1. The molecule has 1 fully saturated rings. The molecule has 0 aliphatic carbocycles. The van der Waals surface area contributed by atoms with E-state index in [0.717, 1.165) is 18.1 Å². The fourth-order valence-corrected chi connectivity index (χ4v) is 4.76. The lowest BCUT2D eigenvalue weighted by atomic mass is 9.81. The maximum absolute atomic E-state index is 5.57. The average molecular weight is 351 g/mol. The predicted molar refractivity (Wildman–Crippen MR) is 104 cm³/mol. The minimum absolute atomic E-state index is 0.293. The average Bonchev–Trinajstić information content (AvgIpc) is 2.88. The van der Waals surface area contributed by atoms with E-state index in [-0.39, 0.29) is 0 Å². The summed E-state index contributed by atoms with van der Waals surface area (Å²) in [7, 11) is 0. The highest BCUT2D eigenvalue weighted by atomic mass is 32.2. The van der Waals surface area contributed by atoms with Crippen LogP contribution in [0.1, 0.15) is 40.0 Å². The fraction of sp³-hybridized carbons (Fsp3) is 0.588. The normalized spacial score (nSPS) is 22.0. The highest BCUT2D eigenvalue weighted by Gasteiger charge is 2.37. The molecule has 3 rings (SSSR count). The van der Waals surface area contributed by atoms with Gasteiger partial charge in [-0.1, -0.05) is 27.2 Å². The molecule has 1 aromatic rings. The van der Waals surface area contributed by atoms with E-state index in [1.807, 2.05) is 11.8 Å². The SMILES string of the molecule is CC(C)(C)C1CCCCN1N1CSc2cc(NC(N)=S)ccc21. The Labute approximate surface area is 148 Å². The molecule has 1 aromatic carbocycles. The highest BCUT2D eigenvalue weighted by Crippen LogP contribution is 2.44. The Morgan fingerprint density at radius 2 is 2.13 bits per heavy atom. The Bertz CT molecular complexity index is 597. The van der Waals surface area contributed by atoms with E-state index >= 15 is 0 Å². The first-order chi connectivity index (χ1) is 10.9. The monoisotopic (exact) mass is 350 g/mol. The Kier molecular flexibility index (Phi) is 4.76. The van der Waals surface area contributed by atoms with E-state index in [2.05, 4.69) is 54.3 Å². The van der Waals surface area contributed by atoms with Crippen molar-refractivity contribution in [3.05, 3.63) is 18.2 Å². The van der Waals surface area contributed by atoms with Crippen LogP contribution in [-0.2, 0) is 0 Å². The van der Waals surface area contributed by atoms with Crippen molar-refractivity contribution >= 4 is 40.5 Å². The van der Waals surface area contributed by atoms with Crippen LogP contribution in [0, 0.1) is 5.41 Å². The minimum Gasteiger partial charge on any atom is -0.376 e. The number of rotatable bonds is 2. The summed E-state index contributed by atoms with van der Waals surface area (Å²) in [5.74, 6) is 0.985. The molecule has 0 spiro atoms.